The van der Waals surface area contributed by atoms with Crippen LogP contribution < -0.4 is 0 Å². The largest absolute Gasteiger partial charge is 0.461 e. The molecule has 0 spiro atoms. The molecule has 0 N–H and O–H groups in total. The van der Waals surface area contributed by atoms with Crippen molar-refractivity contribution in [1.82, 2.24) is 0 Å². The lowest BCUT2D eigenvalue weighted by molar-refractivity contribution is -0.384. The third-order valence-corrected chi connectivity index (χ3v) is 4.27. The summed E-state index contributed by atoms with van der Waals surface area (Å²) in [7, 11) is -1.22. The van der Waals surface area contributed by atoms with Gasteiger partial charge in [-0.05, 0) is 12.1 Å². The van der Waals surface area contributed by atoms with Crippen molar-refractivity contribution in [2.45, 2.75) is 0 Å². The SMILES string of the molecule is O=C(OCC12COP(OC1)OC2)c1ccc([N+](=O)[O-])cc1. The number of carbonyl (C=O) groups excluding carboxylic acids is 1. The first kappa shape index (κ1) is 14.3. The van der Waals surface area contributed by atoms with Gasteiger partial charge in [-0.25, -0.2) is 4.79 Å². The van der Waals surface area contributed by atoms with Gasteiger partial charge in [0.15, 0.2) is 0 Å². The van der Waals surface area contributed by atoms with E-state index in [9.17, 15) is 14.9 Å². The van der Waals surface area contributed by atoms with Crippen LogP contribution in [0, 0.1) is 15.5 Å². The van der Waals surface area contributed by atoms with E-state index in [1.165, 1.54) is 24.3 Å². The van der Waals surface area contributed by atoms with Crippen LogP contribution in [0.15, 0.2) is 24.3 Å². The molecule has 4 rings (SSSR count). The van der Waals surface area contributed by atoms with Crippen molar-refractivity contribution in [3.8, 4) is 0 Å². The van der Waals surface area contributed by atoms with Crippen LogP contribution in [0.3, 0.4) is 0 Å². The summed E-state index contributed by atoms with van der Waals surface area (Å²) in [5.74, 6) is -0.544. The Labute approximate surface area is 121 Å². The quantitative estimate of drug-likeness (QED) is 0.363. The lowest BCUT2D eigenvalue weighted by Gasteiger charge is -2.43. The van der Waals surface area contributed by atoms with E-state index >= 15 is 0 Å². The van der Waals surface area contributed by atoms with Crippen molar-refractivity contribution in [3.05, 3.63) is 39.9 Å². The molecule has 0 atom stereocenters. The fourth-order valence-electron chi connectivity index (χ4n) is 1.95. The zero-order valence-electron chi connectivity index (χ0n) is 10.9. The minimum absolute atomic E-state index is 0.0757. The highest BCUT2D eigenvalue weighted by atomic mass is 31.2. The summed E-state index contributed by atoms with van der Waals surface area (Å²) in [6.07, 6.45) is 0. The monoisotopic (exact) mass is 313 g/mol. The minimum atomic E-state index is -1.22. The first-order chi connectivity index (χ1) is 10.1. The summed E-state index contributed by atoms with van der Waals surface area (Å²) in [4.78, 5) is 22.0. The molecule has 3 heterocycles. The summed E-state index contributed by atoms with van der Waals surface area (Å²) < 4.78 is 21.2. The molecule has 3 aliphatic rings. The summed E-state index contributed by atoms with van der Waals surface area (Å²) in [5.41, 5.74) is -0.282. The predicted molar refractivity (Wildman–Crippen MR) is 70.6 cm³/mol. The Morgan fingerprint density at radius 2 is 1.81 bits per heavy atom. The van der Waals surface area contributed by atoms with E-state index in [-0.39, 0.29) is 17.9 Å². The van der Waals surface area contributed by atoms with E-state index in [1.54, 1.807) is 0 Å². The Morgan fingerprint density at radius 1 is 1.24 bits per heavy atom. The summed E-state index contributed by atoms with van der Waals surface area (Å²) in [6, 6.07) is 5.25. The van der Waals surface area contributed by atoms with Gasteiger partial charge in [-0.1, -0.05) is 0 Å². The van der Waals surface area contributed by atoms with E-state index in [0.717, 1.165) is 0 Å². The van der Waals surface area contributed by atoms with E-state index in [1.807, 2.05) is 0 Å². The average molecular weight is 313 g/mol. The molecule has 1 aromatic rings. The van der Waals surface area contributed by atoms with Gasteiger partial charge in [0.05, 0.1) is 35.7 Å². The third-order valence-electron chi connectivity index (χ3n) is 3.25. The Kier molecular flexibility index (Phi) is 3.86. The Balaban J connectivity index is 1.60. The van der Waals surface area contributed by atoms with Crippen LogP contribution >= 0.6 is 8.60 Å². The van der Waals surface area contributed by atoms with Gasteiger partial charge in [0.2, 0.25) is 0 Å². The fraction of sp³-hybridized carbons (Fsp3) is 0.417. The van der Waals surface area contributed by atoms with Crippen molar-refractivity contribution in [2.75, 3.05) is 26.4 Å². The van der Waals surface area contributed by atoms with Gasteiger partial charge in [0.1, 0.15) is 6.61 Å². The maximum Gasteiger partial charge on any atom is 0.338 e. The number of non-ortho nitro benzene ring substituents is 1. The number of nitro benzene ring substituents is 1. The molecule has 0 aromatic heterocycles. The van der Waals surface area contributed by atoms with Crippen molar-refractivity contribution in [2.24, 2.45) is 5.41 Å². The minimum Gasteiger partial charge on any atom is -0.461 e. The Bertz CT molecular complexity index is 539. The van der Waals surface area contributed by atoms with E-state index in [0.29, 0.717) is 19.8 Å². The molecule has 2 bridgehead atoms. The fourth-order valence-corrected chi connectivity index (χ4v) is 3.31. The van der Waals surface area contributed by atoms with Gasteiger partial charge in [0.25, 0.3) is 5.69 Å². The highest BCUT2D eigenvalue weighted by molar-refractivity contribution is 7.41. The molecular formula is C12H12NO7P. The molecule has 0 saturated carbocycles. The topological polar surface area (TPSA) is 97.1 Å². The second-order valence-electron chi connectivity index (χ2n) is 4.92. The number of hydrogen-bond acceptors (Lipinski definition) is 7. The maximum absolute atomic E-state index is 11.9. The second-order valence-corrected chi connectivity index (χ2v) is 6.15. The van der Waals surface area contributed by atoms with Crippen molar-refractivity contribution in [1.29, 1.82) is 0 Å². The Morgan fingerprint density at radius 3 is 2.33 bits per heavy atom. The molecule has 112 valence electrons. The van der Waals surface area contributed by atoms with Gasteiger partial charge in [-0.3, -0.25) is 10.1 Å². The number of hydrogen-bond donors (Lipinski definition) is 0. The number of fused-ring (bicyclic) bond motifs is 3. The molecular weight excluding hydrogens is 301 g/mol. The van der Waals surface area contributed by atoms with Crippen LogP contribution in [0.25, 0.3) is 0 Å². The number of esters is 1. The lowest BCUT2D eigenvalue weighted by atomic mass is 9.92. The van der Waals surface area contributed by atoms with Gasteiger partial charge in [0, 0.05) is 12.1 Å². The number of rotatable bonds is 4. The molecule has 9 heteroatoms. The van der Waals surface area contributed by atoms with Gasteiger partial charge < -0.3 is 18.3 Å². The van der Waals surface area contributed by atoms with Gasteiger partial charge in [-0.2, -0.15) is 0 Å². The molecule has 1 aromatic carbocycles. The van der Waals surface area contributed by atoms with Crippen LogP contribution in [-0.4, -0.2) is 37.3 Å². The molecule has 0 amide bonds. The molecule has 0 unspecified atom stereocenters. The highest BCUT2D eigenvalue weighted by Gasteiger charge is 2.45. The van der Waals surface area contributed by atoms with E-state index in [4.69, 9.17) is 18.3 Å². The van der Waals surface area contributed by atoms with E-state index in [2.05, 4.69) is 0 Å². The third kappa shape index (κ3) is 3.03. The number of benzene rings is 1. The smallest absolute Gasteiger partial charge is 0.338 e. The molecule has 3 fully saturated rings. The van der Waals surface area contributed by atoms with Crippen molar-refractivity contribution in [3.63, 3.8) is 0 Å². The average Bonchev–Trinajstić information content (AvgIpc) is 2.54. The molecule has 3 saturated heterocycles. The lowest BCUT2D eigenvalue weighted by Crippen LogP contribution is -2.47. The van der Waals surface area contributed by atoms with Crippen LogP contribution in [0.5, 0.6) is 0 Å². The molecule has 3 aliphatic heterocycles. The molecule has 0 aliphatic carbocycles. The van der Waals surface area contributed by atoms with Crippen molar-refractivity contribution >= 4 is 20.3 Å². The van der Waals surface area contributed by atoms with E-state index < -0.39 is 24.9 Å². The highest BCUT2D eigenvalue weighted by Crippen LogP contribution is 2.53. The van der Waals surface area contributed by atoms with Crippen LogP contribution in [0.4, 0.5) is 5.69 Å². The van der Waals surface area contributed by atoms with Crippen LogP contribution in [0.1, 0.15) is 10.4 Å². The Hall–Kier alpha value is -1.60. The normalized spacial score (nSPS) is 27.3. The zero-order valence-corrected chi connectivity index (χ0v) is 11.8. The molecule has 0 radical (unpaired) electrons. The maximum atomic E-state index is 11.9. The number of nitro groups is 1. The number of ether oxygens (including phenoxy) is 1. The second kappa shape index (κ2) is 5.65. The number of nitrogens with zero attached hydrogens (tertiary/aromatic N) is 1. The molecule has 21 heavy (non-hydrogen) atoms. The standard InChI is InChI=1S/C12H12NO7P/c14-11(9-1-3-10(4-2-9)13(15)16)17-5-12-6-18-21(19-7-12)20-8-12/h1-4H,5-8H2. The van der Waals surface area contributed by atoms with Gasteiger partial charge in [-0.15, -0.1) is 0 Å². The zero-order chi connectivity index (χ0) is 14.9. The number of carbonyl (C=O) groups is 1. The van der Waals surface area contributed by atoms with Crippen molar-refractivity contribution < 1.29 is 28.0 Å². The van der Waals surface area contributed by atoms with Gasteiger partial charge >= 0.3 is 14.6 Å². The summed E-state index contributed by atoms with van der Waals surface area (Å²) >= 11 is 0. The predicted octanol–water partition coefficient (Wildman–Crippen LogP) is 2.04. The summed E-state index contributed by atoms with van der Waals surface area (Å²) in [6.45, 7) is 1.43. The van der Waals surface area contributed by atoms with Crippen LogP contribution in [-0.2, 0) is 18.3 Å². The first-order valence-corrected chi connectivity index (χ1v) is 7.28. The first-order valence-electron chi connectivity index (χ1n) is 6.19. The van der Waals surface area contributed by atoms with Crippen LogP contribution in [0.2, 0.25) is 0 Å². The summed E-state index contributed by atoms with van der Waals surface area (Å²) in [5, 5.41) is 10.5. The molecule has 8 nitrogen and oxygen atoms in total.